The van der Waals surface area contributed by atoms with E-state index in [2.05, 4.69) is 10.3 Å². The Morgan fingerprint density at radius 3 is 2.52 bits per heavy atom. The molecule has 0 bridgehead atoms. The second kappa shape index (κ2) is 7.01. The van der Waals surface area contributed by atoms with Crippen LogP contribution in [0.5, 0.6) is 5.75 Å². The Kier molecular flexibility index (Phi) is 5.07. The SMILES string of the molecule is COc1ccc(N2C(=O)NC(=O)C(C(C)=NCCO)C2=O)cc1. The predicted octanol–water partition coefficient (Wildman–Crippen LogP) is 0.347. The summed E-state index contributed by atoms with van der Waals surface area (Å²) in [5.74, 6) is -2.01. The zero-order chi connectivity index (χ0) is 17.0. The first-order valence-electron chi connectivity index (χ1n) is 6.94. The number of methoxy groups -OCH3 is 1. The molecule has 8 heteroatoms. The van der Waals surface area contributed by atoms with Gasteiger partial charge < -0.3 is 9.84 Å². The molecular formula is C15H17N3O5. The lowest BCUT2D eigenvalue weighted by atomic mass is 9.99. The van der Waals surface area contributed by atoms with Crippen molar-refractivity contribution in [3.8, 4) is 5.75 Å². The van der Waals surface area contributed by atoms with Gasteiger partial charge in [0.05, 0.1) is 25.9 Å². The van der Waals surface area contributed by atoms with Crippen LogP contribution in [-0.4, -0.2) is 48.9 Å². The Morgan fingerprint density at radius 1 is 1.30 bits per heavy atom. The number of carbonyl (C=O) groups is 3. The number of anilines is 1. The van der Waals surface area contributed by atoms with Gasteiger partial charge in [-0.1, -0.05) is 0 Å². The van der Waals surface area contributed by atoms with E-state index in [-0.39, 0.29) is 18.9 Å². The molecule has 1 fully saturated rings. The number of amides is 4. The quantitative estimate of drug-likeness (QED) is 0.601. The Bertz CT molecular complexity index is 654. The molecule has 23 heavy (non-hydrogen) atoms. The summed E-state index contributed by atoms with van der Waals surface area (Å²) in [4.78, 5) is 41.4. The minimum Gasteiger partial charge on any atom is -0.497 e. The van der Waals surface area contributed by atoms with Gasteiger partial charge in [0.2, 0.25) is 5.91 Å². The van der Waals surface area contributed by atoms with Gasteiger partial charge in [0, 0.05) is 5.71 Å². The summed E-state index contributed by atoms with van der Waals surface area (Å²) in [5, 5.41) is 10.9. The summed E-state index contributed by atoms with van der Waals surface area (Å²) >= 11 is 0. The largest absolute Gasteiger partial charge is 0.497 e. The molecule has 0 aromatic heterocycles. The number of nitrogens with zero attached hydrogens (tertiary/aromatic N) is 2. The molecule has 4 amide bonds. The van der Waals surface area contributed by atoms with E-state index >= 15 is 0 Å². The predicted molar refractivity (Wildman–Crippen MR) is 82.6 cm³/mol. The summed E-state index contributed by atoms with van der Waals surface area (Å²) in [6.45, 7) is 1.40. The topological polar surface area (TPSA) is 108 Å². The third-order valence-corrected chi connectivity index (χ3v) is 3.37. The number of benzene rings is 1. The van der Waals surface area contributed by atoms with Crippen LogP contribution in [-0.2, 0) is 9.59 Å². The second-order valence-electron chi connectivity index (χ2n) is 4.85. The number of barbiturate groups is 1. The summed E-state index contributed by atoms with van der Waals surface area (Å²) in [6, 6.07) is 5.49. The zero-order valence-corrected chi connectivity index (χ0v) is 12.8. The number of hydrogen-bond acceptors (Lipinski definition) is 6. The highest BCUT2D eigenvalue weighted by molar-refractivity contribution is 6.35. The third kappa shape index (κ3) is 3.37. The Hall–Kier alpha value is -2.74. The summed E-state index contributed by atoms with van der Waals surface area (Å²) < 4.78 is 5.03. The average Bonchev–Trinajstić information content (AvgIpc) is 2.53. The molecular weight excluding hydrogens is 302 g/mol. The van der Waals surface area contributed by atoms with Gasteiger partial charge in [-0.25, -0.2) is 9.69 Å². The van der Waals surface area contributed by atoms with Crippen LogP contribution in [0.3, 0.4) is 0 Å². The molecule has 8 nitrogen and oxygen atoms in total. The number of aliphatic hydroxyl groups excluding tert-OH is 1. The van der Waals surface area contributed by atoms with Crippen LogP contribution >= 0.6 is 0 Å². The van der Waals surface area contributed by atoms with Gasteiger partial charge in [-0.3, -0.25) is 19.9 Å². The van der Waals surface area contributed by atoms with E-state index in [1.54, 1.807) is 24.3 Å². The zero-order valence-electron chi connectivity index (χ0n) is 12.8. The Morgan fingerprint density at radius 2 is 1.96 bits per heavy atom. The van der Waals surface area contributed by atoms with Crippen LogP contribution in [0.4, 0.5) is 10.5 Å². The Labute approximate surface area is 132 Å². The molecule has 0 aliphatic carbocycles. The Balaban J connectivity index is 2.33. The van der Waals surface area contributed by atoms with Gasteiger partial charge in [0.25, 0.3) is 5.91 Å². The fraction of sp³-hybridized carbons (Fsp3) is 0.333. The van der Waals surface area contributed by atoms with E-state index in [0.717, 1.165) is 4.90 Å². The van der Waals surface area contributed by atoms with Gasteiger partial charge in [0.15, 0.2) is 5.92 Å². The van der Waals surface area contributed by atoms with Crippen molar-refractivity contribution in [2.45, 2.75) is 6.92 Å². The molecule has 0 spiro atoms. The maximum atomic E-state index is 12.6. The van der Waals surface area contributed by atoms with Crippen LogP contribution in [0, 0.1) is 5.92 Å². The normalized spacial score (nSPS) is 18.9. The third-order valence-electron chi connectivity index (χ3n) is 3.37. The summed E-state index contributed by atoms with van der Waals surface area (Å²) in [6.07, 6.45) is 0. The molecule has 2 rings (SSSR count). The van der Waals surface area contributed by atoms with E-state index < -0.39 is 23.8 Å². The van der Waals surface area contributed by atoms with Crippen LogP contribution in [0.15, 0.2) is 29.3 Å². The van der Waals surface area contributed by atoms with E-state index in [0.29, 0.717) is 11.4 Å². The van der Waals surface area contributed by atoms with Crippen molar-refractivity contribution >= 4 is 29.2 Å². The molecule has 1 saturated heterocycles. The number of aliphatic hydroxyl groups is 1. The number of ether oxygens (including phenoxy) is 1. The van der Waals surface area contributed by atoms with E-state index in [1.807, 2.05) is 0 Å². The summed E-state index contributed by atoms with van der Waals surface area (Å²) in [7, 11) is 1.50. The first kappa shape index (κ1) is 16.6. The lowest BCUT2D eigenvalue weighted by Crippen LogP contribution is -2.60. The molecule has 1 heterocycles. The first-order chi connectivity index (χ1) is 11.0. The van der Waals surface area contributed by atoms with Gasteiger partial charge in [-0.2, -0.15) is 0 Å². The van der Waals surface area contributed by atoms with Crippen LogP contribution in [0.2, 0.25) is 0 Å². The van der Waals surface area contributed by atoms with Gasteiger partial charge in [0.1, 0.15) is 5.75 Å². The molecule has 1 aromatic carbocycles. The van der Waals surface area contributed by atoms with Crippen molar-refractivity contribution in [2.24, 2.45) is 10.9 Å². The highest BCUT2D eigenvalue weighted by atomic mass is 16.5. The highest BCUT2D eigenvalue weighted by Crippen LogP contribution is 2.24. The molecule has 0 saturated carbocycles. The van der Waals surface area contributed by atoms with Crippen molar-refractivity contribution in [1.29, 1.82) is 0 Å². The van der Waals surface area contributed by atoms with E-state index in [1.165, 1.54) is 14.0 Å². The fourth-order valence-electron chi connectivity index (χ4n) is 2.24. The van der Waals surface area contributed by atoms with Gasteiger partial charge in [-0.15, -0.1) is 0 Å². The summed E-state index contributed by atoms with van der Waals surface area (Å²) in [5.41, 5.74) is 0.563. The molecule has 1 atom stereocenters. The number of rotatable bonds is 5. The van der Waals surface area contributed by atoms with Gasteiger partial charge >= 0.3 is 6.03 Å². The number of nitrogens with one attached hydrogen (secondary N) is 1. The minimum atomic E-state index is -1.19. The number of urea groups is 1. The minimum absolute atomic E-state index is 0.0827. The maximum absolute atomic E-state index is 12.6. The maximum Gasteiger partial charge on any atom is 0.335 e. The van der Waals surface area contributed by atoms with Crippen molar-refractivity contribution in [1.82, 2.24) is 5.32 Å². The smallest absolute Gasteiger partial charge is 0.335 e. The number of imide groups is 2. The second-order valence-corrected chi connectivity index (χ2v) is 4.85. The fourth-order valence-corrected chi connectivity index (χ4v) is 2.24. The van der Waals surface area contributed by atoms with Crippen LogP contribution in [0.1, 0.15) is 6.92 Å². The highest BCUT2D eigenvalue weighted by Gasteiger charge is 2.42. The van der Waals surface area contributed by atoms with Crippen LogP contribution < -0.4 is 15.0 Å². The van der Waals surface area contributed by atoms with E-state index in [4.69, 9.17) is 9.84 Å². The molecule has 1 aliphatic rings. The molecule has 122 valence electrons. The molecule has 1 aliphatic heterocycles. The lowest BCUT2D eigenvalue weighted by Gasteiger charge is -2.30. The van der Waals surface area contributed by atoms with E-state index in [9.17, 15) is 14.4 Å². The molecule has 1 aromatic rings. The standard InChI is InChI=1S/C15H17N3O5/c1-9(16-7-8-19)12-13(20)17-15(22)18(14(12)21)10-3-5-11(23-2)6-4-10/h3-6,12,19H,7-8H2,1-2H3,(H,17,20,22). The molecule has 1 unspecified atom stereocenters. The van der Waals surface area contributed by atoms with Crippen molar-refractivity contribution in [2.75, 3.05) is 25.2 Å². The number of hydrogen-bond donors (Lipinski definition) is 2. The van der Waals surface area contributed by atoms with Gasteiger partial charge in [-0.05, 0) is 31.2 Å². The van der Waals surface area contributed by atoms with Crippen molar-refractivity contribution in [3.05, 3.63) is 24.3 Å². The van der Waals surface area contributed by atoms with Crippen molar-refractivity contribution in [3.63, 3.8) is 0 Å². The van der Waals surface area contributed by atoms with Crippen molar-refractivity contribution < 1.29 is 24.2 Å². The average molecular weight is 319 g/mol. The molecule has 2 N–H and O–H groups in total. The number of aliphatic imine (C=N–C) groups is 1. The first-order valence-corrected chi connectivity index (χ1v) is 6.94. The van der Waals surface area contributed by atoms with Crippen LogP contribution in [0.25, 0.3) is 0 Å². The molecule has 0 radical (unpaired) electrons. The monoisotopic (exact) mass is 319 g/mol. The number of carbonyl (C=O) groups excluding carboxylic acids is 3. The lowest BCUT2D eigenvalue weighted by molar-refractivity contribution is -0.131.